The molecule has 1 atom stereocenters. The minimum Gasteiger partial charge on any atom is -0.334 e. The minimum absolute atomic E-state index is 0. The van der Waals surface area contributed by atoms with Gasteiger partial charge in [-0.3, -0.25) is 4.79 Å². The molecule has 27 heavy (non-hydrogen) atoms. The van der Waals surface area contributed by atoms with Gasteiger partial charge in [0.15, 0.2) is 0 Å². The zero-order chi connectivity index (χ0) is 17.6. The number of hydrogen-bond donors (Lipinski definition) is 1. The number of halogens is 2. The summed E-state index contributed by atoms with van der Waals surface area (Å²) in [6.07, 6.45) is 7.75. The van der Waals surface area contributed by atoms with Gasteiger partial charge in [-0.1, -0.05) is 12.8 Å². The monoisotopic (exact) mass is 435 g/mol. The molecule has 1 N–H and O–H groups in total. The molecule has 2 fully saturated rings. The van der Waals surface area contributed by atoms with Crippen molar-refractivity contribution in [1.29, 1.82) is 0 Å². The van der Waals surface area contributed by atoms with Crippen molar-refractivity contribution >= 4 is 42.1 Å². The molecule has 3 heterocycles. The number of carbonyl (C=O) groups excluding carboxylic acids is 1. The lowest BCUT2D eigenvalue weighted by Crippen LogP contribution is -2.42. The third-order valence-corrected chi connectivity index (χ3v) is 6.67. The van der Waals surface area contributed by atoms with Crippen molar-refractivity contribution in [3.8, 4) is 0 Å². The van der Waals surface area contributed by atoms with Crippen LogP contribution in [0.2, 0.25) is 0 Å². The first-order valence-corrected chi connectivity index (χ1v) is 10.8. The molecule has 1 aromatic heterocycles. The molecule has 2 saturated heterocycles. The zero-order valence-corrected chi connectivity index (χ0v) is 19.1. The van der Waals surface area contributed by atoms with Gasteiger partial charge in [-0.05, 0) is 71.3 Å². The Balaban J connectivity index is 0.00000182. The number of thiophene rings is 1. The van der Waals surface area contributed by atoms with E-state index in [1.54, 1.807) is 11.3 Å². The van der Waals surface area contributed by atoms with Crippen LogP contribution in [0.1, 0.15) is 73.0 Å². The summed E-state index contributed by atoms with van der Waals surface area (Å²) in [5.41, 5.74) is 0. The number of nitrogens with zero attached hydrogens (tertiary/aromatic N) is 2. The average molecular weight is 436 g/mol. The summed E-state index contributed by atoms with van der Waals surface area (Å²) < 4.78 is 0. The van der Waals surface area contributed by atoms with Gasteiger partial charge >= 0.3 is 0 Å². The predicted octanol–water partition coefficient (Wildman–Crippen LogP) is 4.74. The van der Waals surface area contributed by atoms with E-state index < -0.39 is 0 Å². The highest BCUT2D eigenvalue weighted by molar-refractivity contribution is 7.14. The van der Waals surface area contributed by atoms with Crippen LogP contribution >= 0.6 is 36.2 Å². The first kappa shape index (κ1) is 24.7. The second-order valence-corrected chi connectivity index (χ2v) is 8.81. The van der Waals surface area contributed by atoms with Crippen LogP contribution in [0.3, 0.4) is 0 Å². The average Bonchev–Trinajstić information content (AvgIpc) is 3.22. The molecule has 2 aliphatic heterocycles. The van der Waals surface area contributed by atoms with Gasteiger partial charge in [0.25, 0.3) is 5.91 Å². The summed E-state index contributed by atoms with van der Waals surface area (Å²) in [5.74, 6) is 0.207. The Morgan fingerprint density at radius 1 is 1.19 bits per heavy atom. The van der Waals surface area contributed by atoms with Crippen LogP contribution < -0.4 is 5.32 Å². The molecule has 156 valence electrons. The molecule has 1 amide bonds. The smallest absolute Gasteiger partial charge is 0.264 e. The molecule has 3 rings (SSSR count). The van der Waals surface area contributed by atoms with Crippen molar-refractivity contribution in [2.45, 2.75) is 64.5 Å². The molecule has 0 saturated carbocycles. The fraction of sp³-hybridized carbons (Fsp3) is 0.750. The van der Waals surface area contributed by atoms with E-state index >= 15 is 0 Å². The van der Waals surface area contributed by atoms with Crippen molar-refractivity contribution in [2.75, 3.05) is 32.7 Å². The van der Waals surface area contributed by atoms with E-state index in [0.717, 1.165) is 24.5 Å². The van der Waals surface area contributed by atoms with Gasteiger partial charge in [0.05, 0.1) is 4.88 Å². The Morgan fingerprint density at radius 3 is 2.48 bits per heavy atom. The molecular weight excluding hydrogens is 401 g/mol. The van der Waals surface area contributed by atoms with Crippen LogP contribution in [0, 0.1) is 0 Å². The molecule has 0 spiro atoms. The third kappa shape index (κ3) is 6.90. The maximum Gasteiger partial charge on any atom is 0.264 e. The van der Waals surface area contributed by atoms with Crippen molar-refractivity contribution in [3.05, 3.63) is 21.9 Å². The van der Waals surface area contributed by atoms with Crippen molar-refractivity contribution in [1.82, 2.24) is 15.1 Å². The van der Waals surface area contributed by atoms with Crippen LogP contribution in [0.4, 0.5) is 0 Å². The van der Waals surface area contributed by atoms with E-state index in [4.69, 9.17) is 0 Å². The predicted molar refractivity (Wildman–Crippen MR) is 120 cm³/mol. The molecule has 0 aliphatic carbocycles. The summed E-state index contributed by atoms with van der Waals surface area (Å²) in [7, 11) is 0. The number of carbonyl (C=O) groups is 1. The van der Waals surface area contributed by atoms with Gasteiger partial charge in [-0.25, -0.2) is 0 Å². The maximum atomic E-state index is 13.1. The van der Waals surface area contributed by atoms with Crippen molar-refractivity contribution in [3.63, 3.8) is 0 Å². The molecule has 1 unspecified atom stereocenters. The van der Waals surface area contributed by atoms with E-state index in [1.165, 1.54) is 56.5 Å². The first-order valence-electron chi connectivity index (χ1n) is 10.0. The fourth-order valence-electron chi connectivity index (χ4n) is 3.93. The second-order valence-electron chi connectivity index (χ2n) is 7.70. The highest BCUT2D eigenvalue weighted by Gasteiger charge is 2.24. The minimum atomic E-state index is 0. The lowest BCUT2D eigenvalue weighted by atomic mass is 10.2. The summed E-state index contributed by atoms with van der Waals surface area (Å²) >= 11 is 1.68. The molecular formula is C20H35Cl2N3OS. The quantitative estimate of drug-likeness (QED) is 0.700. The SMILES string of the molecule is CC(C)N(CCN1CCCCCC1)C(=O)c1ccc(C2CCCN2)s1.Cl.Cl. The zero-order valence-electron chi connectivity index (χ0n) is 16.6. The summed E-state index contributed by atoms with van der Waals surface area (Å²) in [4.78, 5) is 19.9. The Morgan fingerprint density at radius 2 is 1.89 bits per heavy atom. The van der Waals surface area contributed by atoms with Crippen LogP contribution in [-0.4, -0.2) is 54.5 Å². The summed E-state index contributed by atoms with van der Waals surface area (Å²) in [6, 6.07) is 4.88. The highest BCUT2D eigenvalue weighted by Crippen LogP contribution is 2.30. The lowest BCUT2D eigenvalue weighted by Gasteiger charge is -2.29. The molecule has 1 aromatic rings. The fourth-order valence-corrected chi connectivity index (χ4v) is 5.00. The van der Waals surface area contributed by atoms with E-state index in [9.17, 15) is 4.79 Å². The molecule has 0 radical (unpaired) electrons. The van der Waals surface area contributed by atoms with Gasteiger partial charge in [0.1, 0.15) is 0 Å². The van der Waals surface area contributed by atoms with Crippen LogP contribution in [0.5, 0.6) is 0 Å². The highest BCUT2D eigenvalue weighted by atomic mass is 35.5. The Bertz CT molecular complexity index is 553. The van der Waals surface area contributed by atoms with Gasteiger partial charge in [-0.2, -0.15) is 0 Å². The summed E-state index contributed by atoms with van der Waals surface area (Å²) in [5, 5.41) is 3.53. The van der Waals surface area contributed by atoms with Crippen molar-refractivity contribution in [2.24, 2.45) is 0 Å². The lowest BCUT2D eigenvalue weighted by molar-refractivity contribution is 0.0687. The Kier molecular flexibility index (Phi) is 11.2. The van der Waals surface area contributed by atoms with E-state index in [0.29, 0.717) is 6.04 Å². The standard InChI is InChI=1S/C20H33N3OS.2ClH/c1-16(2)23(15-14-22-12-5-3-4-6-13-22)20(24)19-10-9-18(25-19)17-8-7-11-21-17;;/h9-10,16-17,21H,3-8,11-15H2,1-2H3;2*1H. The van der Waals surface area contributed by atoms with Crippen LogP contribution in [-0.2, 0) is 0 Å². The summed E-state index contributed by atoms with van der Waals surface area (Å²) in [6.45, 7) is 9.59. The van der Waals surface area contributed by atoms with Crippen molar-refractivity contribution < 1.29 is 4.79 Å². The molecule has 4 nitrogen and oxygen atoms in total. The molecule has 7 heteroatoms. The van der Waals surface area contributed by atoms with Gasteiger partial charge in [0, 0.05) is 30.1 Å². The largest absolute Gasteiger partial charge is 0.334 e. The van der Waals surface area contributed by atoms with Gasteiger partial charge in [-0.15, -0.1) is 36.2 Å². The third-order valence-electron chi connectivity index (χ3n) is 5.48. The topological polar surface area (TPSA) is 35.6 Å². The first-order chi connectivity index (χ1) is 12.1. The van der Waals surface area contributed by atoms with Gasteiger partial charge in [0.2, 0.25) is 0 Å². The van der Waals surface area contributed by atoms with E-state index in [-0.39, 0.29) is 36.8 Å². The van der Waals surface area contributed by atoms with Crippen LogP contribution in [0.15, 0.2) is 12.1 Å². The Hall–Kier alpha value is -0.330. The van der Waals surface area contributed by atoms with Gasteiger partial charge < -0.3 is 15.1 Å². The molecule has 0 aromatic carbocycles. The van der Waals surface area contributed by atoms with E-state index in [1.807, 2.05) is 6.07 Å². The number of likely N-dealkylation sites (tertiary alicyclic amines) is 1. The second kappa shape index (κ2) is 12.3. The Labute approximate surface area is 180 Å². The molecule has 0 bridgehead atoms. The maximum absolute atomic E-state index is 13.1. The number of nitrogens with one attached hydrogen (secondary N) is 1. The van der Waals surface area contributed by atoms with E-state index in [2.05, 4.69) is 35.0 Å². The normalized spacial score (nSPS) is 20.6. The number of amides is 1. The molecule has 2 aliphatic rings. The number of hydrogen-bond acceptors (Lipinski definition) is 4. The van der Waals surface area contributed by atoms with Crippen LogP contribution in [0.25, 0.3) is 0 Å². The number of rotatable bonds is 6.